The van der Waals surface area contributed by atoms with Gasteiger partial charge in [-0.05, 0) is 42.5 Å². The third-order valence-corrected chi connectivity index (χ3v) is 4.89. The number of carbonyl (C=O) groups excluding carboxylic acids is 1. The van der Waals surface area contributed by atoms with Gasteiger partial charge in [-0.15, -0.1) is 0 Å². The van der Waals surface area contributed by atoms with Crippen LogP contribution in [0.1, 0.15) is 27.2 Å². The highest BCUT2D eigenvalue weighted by atomic mass is 35.5. The minimum Gasteiger partial charge on any atom is -0.506 e. The van der Waals surface area contributed by atoms with Crippen molar-refractivity contribution < 1.29 is 37.3 Å². The van der Waals surface area contributed by atoms with Crippen LogP contribution in [-0.2, 0) is 12.8 Å². The zero-order valence-electron chi connectivity index (χ0n) is 18.4. The number of ether oxygens (including phenoxy) is 3. The Labute approximate surface area is 202 Å². The highest BCUT2D eigenvalue weighted by Gasteiger charge is 2.30. The minimum atomic E-state index is -4.48. The summed E-state index contributed by atoms with van der Waals surface area (Å²) in [5.74, 6) is 0.0220. The van der Waals surface area contributed by atoms with Crippen molar-refractivity contribution in [2.24, 2.45) is 5.10 Å². The second-order valence-corrected chi connectivity index (χ2v) is 7.35. The summed E-state index contributed by atoms with van der Waals surface area (Å²) in [6.07, 6.45) is -2.41. The number of amides is 1. The molecule has 0 bridgehead atoms. The first-order chi connectivity index (χ1) is 16.6. The first-order valence-electron chi connectivity index (χ1n) is 9.85. The number of alkyl halides is 3. The Bertz CT molecular complexity index is 1210. The molecule has 0 unspecified atom stereocenters. The summed E-state index contributed by atoms with van der Waals surface area (Å²) in [7, 11) is 2.80. The van der Waals surface area contributed by atoms with Crippen LogP contribution in [-0.4, -0.2) is 36.4 Å². The van der Waals surface area contributed by atoms with E-state index in [0.717, 1.165) is 12.3 Å². The van der Waals surface area contributed by atoms with Gasteiger partial charge in [0.25, 0.3) is 5.91 Å². The Morgan fingerprint density at radius 3 is 2.37 bits per heavy atom. The molecule has 0 saturated heterocycles. The van der Waals surface area contributed by atoms with Crippen LogP contribution in [0.15, 0.2) is 53.8 Å². The van der Waals surface area contributed by atoms with Gasteiger partial charge in [0, 0.05) is 17.3 Å². The molecule has 1 aromatic heterocycles. The van der Waals surface area contributed by atoms with E-state index in [1.807, 2.05) is 0 Å². The average molecular weight is 510 g/mol. The van der Waals surface area contributed by atoms with E-state index in [-0.39, 0.29) is 45.9 Å². The van der Waals surface area contributed by atoms with Gasteiger partial charge >= 0.3 is 6.18 Å². The third-order valence-electron chi connectivity index (χ3n) is 4.59. The van der Waals surface area contributed by atoms with Crippen LogP contribution < -0.4 is 19.6 Å². The number of phenolic OH excluding ortho intramolecular Hbond substituents is 1. The predicted molar refractivity (Wildman–Crippen MR) is 121 cm³/mol. The monoisotopic (exact) mass is 509 g/mol. The lowest BCUT2D eigenvalue weighted by Gasteiger charge is -2.15. The van der Waals surface area contributed by atoms with Crippen molar-refractivity contribution in [1.82, 2.24) is 10.4 Å². The van der Waals surface area contributed by atoms with Crippen molar-refractivity contribution in [3.05, 3.63) is 76.1 Å². The Morgan fingerprint density at radius 1 is 1.14 bits per heavy atom. The highest BCUT2D eigenvalue weighted by Crippen LogP contribution is 2.39. The highest BCUT2D eigenvalue weighted by molar-refractivity contribution is 6.32. The maximum Gasteiger partial charge on any atom is 0.417 e. The lowest BCUT2D eigenvalue weighted by atomic mass is 10.2. The third kappa shape index (κ3) is 6.54. The number of hydrogen-bond acceptors (Lipinski definition) is 7. The van der Waals surface area contributed by atoms with Crippen LogP contribution in [0, 0.1) is 0 Å². The van der Waals surface area contributed by atoms with Crippen LogP contribution in [0.3, 0.4) is 0 Å². The fraction of sp³-hybridized carbons (Fsp3) is 0.174. The van der Waals surface area contributed by atoms with Gasteiger partial charge in [-0.3, -0.25) is 9.78 Å². The fourth-order valence-corrected chi connectivity index (χ4v) is 3.00. The molecule has 0 aliphatic carbocycles. The molecule has 3 aromatic rings. The van der Waals surface area contributed by atoms with Gasteiger partial charge in [0.1, 0.15) is 12.4 Å². The zero-order chi connectivity index (χ0) is 25.6. The van der Waals surface area contributed by atoms with E-state index in [0.29, 0.717) is 5.56 Å². The molecule has 0 atom stereocenters. The lowest BCUT2D eigenvalue weighted by molar-refractivity contribution is -0.137. The summed E-state index contributed by atoms with van der Waals surface area (Å²) >= 11 is 5.80. The van der Waals surface area contributed by atoms with Gasteiger partial charge in [-0.25, -0.2) is 5.43 Å². The topological polar surface area (TPSA) is 102 Å². The summed E-state index contributed by atoms with van der Waals surface area (Å²) in [6.45, 7) is -0.135. The number of halogens is 4. The number of pyridine rings is 1. The quantitative estimate of drug-likeness (QED) is 0.333. The Hall–Kier alpha value is -3.99. The number of aromatic hydroxyl groups is 1. The normalized spacial score (nSPS) is 11.4. The number of aromatic nitrogens is 1. The molecule has 0 saturated carbocycles. The van der Waals surface area contributed by atoms with Crippen molar-refractivity contribution in [3.8, 4) is 23.0 Å². The maximum absolute atomic E-state index is 12.7. The molecule has 0 fully saturated rings. The molecule has 3 rings (SSSR count). The van der Waals surface area contributed by atoms with Crippen molar-refractivity contribution >= 4 is 23.7 Å². The van der Waals surface area contributed by atoms with Crippen LogP contribution in [0.25, 0.3) is 0 Å². The maximum atomic E-state index is 12.7. The van der Waals surface area contributed by atoms with Crippen LogP contribution >= 0.6 is 11.6 Å². The Morgan fingerprint density at radius 2 is 1.83 bits per heavy atom. The van der Waals surface area contributed by atoms with Gasteiger partial charge < -0.3 is 19.3 Å². The van der Waals surface area contributed by atoms with Gasteiger partial charge in [-0.2, -0.15) is 18.3 Å². The smallest absolute Gasteiger partial charge is 0.417 e. The van der Waals surface area contributed by atoms with Crippen LogP contribution in [0.4, 0.5) is 13.2 Å². The number of rotatable bonds is 8. The minimum absolute atomic E-state index is 0.0261. The second kappa shape index (κ2) is 11.0. The first kappa shape index (κ1) is 25.6. The molecule has 1 heterocycles. The van der Waals surface area contributed by atoms with E-state index in [2.05, 4.69) is 15.5 Å². The fourth-order valence-electron chi connectivity index (χ4n) is 2.82. The SMILES string of the molecule is COc1cc(/C=N/NC(=O)c2ccc(O)c(Cl)c2)cc(OC)c1OCc1ccc(C(F)(F)F)cn1. The van der Waals surface area contributed by atoms with E-state index < -0.39 is 17.6 Å². The molecule has 0 spiro atoms. The number of hydrazone groups is 1. The number of benzene rings is 2. The van der Waals surface area contributed by atoms with Gasteiger partial charge in [0.15, 0.2) is 11.5 Å². The van der Waals surface area contributed by atoms with E-state index in [4.69, 9.17) is 25.8 Å². The Balaban J connectivity index is 1.72. The zero-order valence-corrected chi connectivity index (χ0v) is 19.1. The number of nitrogens with zero attached hydrogens (tertiary/aromatic N) is 2. The molecule has 1 amide bonds. The molecule has 184 valence electrons. The second-order valence-electron chi connectivity index (χ2n) is 6.94. The van der Waals surface area contributed by atoms with Gasteiger partial charge in [0.05, 0.1) is 36.7 Å². The molecule has 0 aliphatic heterocycles. The van der Waals surface area contributed by atoms with E-state index >= 15 is 0 Å². The number of phenols is 1. The molecule has 8 nitrogen and oxygen atoms in total. The molecule has 0 aliphatic rings. The van der Waals surface area contributed by atoms with Crippen LogP contribution in [0.2, 0.25) is 5.02 Å². The molecule has 0 radical (unpaired) electrons. The summed E-state index contributed by atoms with van der Waals surface area (Å²) in [5, 5.41) is 13.4. The molecular formula is C23H19ClF3N3O5. The Kier molecular flexibility index (Phi) is 8.02. The first-order valence-corrected chi connectivity index (χ1v) is 10.2. The molecule has 2 N–H and O–H groups in total. The van der Waals surface area contributed by atoms with Gasteiger partial charge in [-0.1, -0.05) is 11.6 Å². The average Bonchev–Trinajstić information content (AvgIpc) is 2.83. The molecule has 35 heavy (non-hydrogen) atoms. The van der Waals surface area contributed by atoms with E-state index in [1.54, 1.807) is 12.1 Å². The molecule has 12 heteroatoms. The number of carbonyl (C=O) groups is 1. The van der Waals surface area contributed by atoms with Crippen molar-refractivity contribution in [2.75, 3.05) is 14.2 Å². The van der Waals surface area contributed by atoms with E-state index in [9.17, 15) is 23.1 Å². The summed E-state index contributed by atoms with van der Waals surface area (Å²) < 4.78 is 54.5. The van der Waals surface area contributed by atoms with Crippen LogP contribution in [0.5, 0.6) is 23.0 Å². The summed E-state index contributed by atoms with van der Waals surface area (Å²) in [6, 6.07) is 9.22. The number of nitrogens with one attached hydrogen (secondary N) is 1. The standard InChI is InChI=1S/C23H19ClF3N3O5/c1-33-19-7-13(10-29-30-22(32)14-3-6-18(31)17(24)9-14)8-20(34-2)21(19)35-12-16-5-4-15(11-28-16)23(25,26)27/h3-11,31H,12H2,1-2H3,(H,30,32)/b29-10+. The predicted octanol–water partition coefficient (Wildman–Crippen LogP) is 4.82. The lowest BCUT2D eigenvalue weighted by Crippen LogP contribution is -2.17. The van der Waals surface area contributed by atoms with E-state index in [1.165, 1.54) is 44.7 Å². The molecular weight excluding hydrogens is 491 g/mol. The van der Waals surface area contributed by atoms with Crippen molar-refractivity contribution in [1.29, 1.82) is 0 Å². The largest absolute Gasteiger partial charge is 0.506 e. The number of methoxy groups -OCH3 is 2. The van der Waals surface area contributed by atoms with Crippen molar-refractivity contribution in [3.63, 3.8) is 0 Å². The summed E-state index contributed by atoms with van der Waals surface area (Å²) in [5.41, 5.74) is 2.43. The van der Waals surface area contributed by atoms with Gasteiger partial charge in [0.2, 0.25) is 5.75 Å². The molecule has 2 aromatic carbocycles. The number of hydrogen-bond donors (Lipinski definition) is 2. The summed E-state index contributed by atoms with van der Waals surface area (Å²) in [4.78, 5) is 16.0. The van der Waals surface area contributed by atoms with Crippen molar-refractivity contribution in [2.45, 2.75) is 12.8 Å².